The number of aromatic nitrogens is 1. The summed E-state index contributed by atoms with van der Waals surface area (Å²) in [5.74, 6) is 5.03. The van der Waals surface area contributed by atoms with Crippen molar-refractivity contribution in [3.8, 4) is 0 Å². The lowest BCUT2D eigenvalue weighted by molar-refractivity contribution is -0.121. The van der Waals surface area contributed by atoms with E-state index in [9.17, 15) is 9.59 Å². The van der Waals surface area contributed by atoms with Crippen molar-refractivity contribution in [2.45, 2.75) is 6.42 Å². The molecule has 0 unspecified atom stereocenters. The number of amides is 2. The van der Waals surface area contributed by atoms with Gasteiger partial charge in [0, 0.05) is 13.1 Å². The Morgan fingerprint density at radius 2 is 2.32 bits per heavy atom. The number of carbonyl (C=O) groups is 2. The molecule has 1 aromatic heterocycles. The second kappa shape index (κ2) is 5.85. The lowest BCUT2D eigenvalue weighted by Gasteiger charge is -2.19. The first-order valence-electron chi connectivity index (χ1n) is 5.81. The van der Waals surface area contributed by atoms with Gasteiger partial charge in [0.25, 0.3) is 5.91 Å². The van der Waals surface area contributed by atoms with Gasteiger partial charge in [-0.05, 0) is 18.6 Å². The Morgan fingerprint density at radius 3 is 3.05 bits per heavy atom. The standard InChI is InChI=1S/C11H14ClN5O2/c12-7-2-3-8(16-13)15-10(7)11(19)17-5-1-4-14-9(18)6-17/h2-3H,1,4-6,13H2,(H,14,18)(H,15,16). The van der Waals surface area contributed by atoms with Crippen molar-refractivity contribution in [1.29, 1.82) is 0 Å². The van der Waals surface area contributed by atoms with Crippen molar-refractivity contribution in [3.05, 3.63) is 22.8 Å². The molecule has 1 aliphatic rings. The molecule has 0 spiro atoms. The number of pyridine rings is 1. The monoisotopic (exact) mass is 283 g/mol. The molecule has 1 saturated heterocycles. The van der Waals surface area contributed by atoms with Crippen LogP contribution < -0.4 is 16.6 Å². The van der Waals surface area contributed by atoms with Gasteiger partial charge in [-0.1, -0.05) is 11.6 Å². The largest absolute Gasteiger partial charge is 0.354 e. The molecule has 4 N–H and O–H groups in total. The molecular weight excluding hydrogens is 270 g/mol. The van der Waals surface area contributed by atoms with Crippen LogP contribution in [0.1, 0.15) is 16.9 Å². The number of nitrogens with one attached hydrogen (secondary N) is 2. The average Bonchev–Trinajstić information content (AvgIpc) is 2.63. The number of hydrazine groups is 1. The second-order valence-electron chi connectivity index (χ2n) is 4.10. The molecule has 2 heterocycles. The van der Waals surface area contributed by atoms with E-state index in [-0.39, 0.29) is 29.1 Å². The van der Waals surface area contributed by atoms with Gasteiger partial charge in [-0.2, -0.15) is 0 Å². The molecular formula is C11H14ClN5O2. The predicted molar refractivity (Wildman–Crippen MR) is 70.6 cm³/mol. The van der Waals surface area contributed by atoms with Gasteiger partial charge >= 0.3 is 0 Å². The molecule has 2 amide bonds. The maximum absolute atomic E-state index is 12.3. The van der Waals surface area contributed by atoms with E-state index in [1.165, 1.54) is 11.0 Å². The molecule has 0 atom stereocenters. The number of rotatable bonds is 2. The van der Waals surface area contributed by atoms with E-state index in [4.69, 9.17) is 17.4 Å². The van der Waals surface area contributed by atoms with Crippen LogP contribution in [-0.2, 0) is 4.79 Å². The second-order valence-corrected chi connectivity index (χ2v) is 4.51. The average molecular weight is 284 g/mol. The molecule has 2 rings (SSSR count). The minimum absolute atomic E-state index is 0.0110. The molecule has 7 nitrogen and oxygen atoms in total. The quantitative estimate of drug-likeness (QED) is 0.523. The van der Waals surface area contributed by atoms with Gasteiger partial charge in [0.1, 0.15) is 11.5 Å². The van der Waals surface area contributed by atoms with E-state index in [0.717, 1.165) is 0 Å². The van der Waals surface area contributed by atoms with Gasteiger partial charge in [0.05, 0.1) is 11.6 Å². The summed E-state index contributed by atoms with van der Waals surface area (Å²) in [6.07, 6.45) is 0.698. The molecule has 8 heteroatoms. The summed E-state index contributed by atoms with van der Waals surface area (Å²) in [5.41, 5.74) is 2.44. The highest BCUT2D eigenvalue weighted by atomic mass is 35.5. The minimum atomic E-state index is -0.376. The number of carbonyl (C=O) groups excluding carboxylic acids is 2. The van der Waals surface area contributed by atoms with Crippen LogP contribution >= 0.6 is 11.6 Å². The first-order valence-corrected chi connectivity index (χ1v) is 6.18. The fraction of sp³-hybridized carbons (Fsp3) is 0.364. The van der Waals surface area contributed by atoms with Gasteiger partial charge in [0.15, 0.2) is 0 Å². The maximum Gasteiger partial charge on any atom is 0.274 e. The van der Waals surface area contributed by atoms with E-state index in [0.29, 0.717) is 25.3 Å². The highest BCUT2D eigenvalue weighted by molar-refractivity contribution is 6.33. The number of hydrogen-bond acceptors (Lipinski definition) is 5. The van der Waals surface area contributed by atoms with E-state index in [1.807, 2.05) is 0 Å². The van der Waals surface area contributed by atoms with E-state index < -0.39 is 0 Å². The molecule has 19 heavy (non-hydrogen) atoms. The summed E-state index contributed by atoms with van der Waals surface area (Å²) < 4.78 is 0. The van der Waals surface area contributed by atoms with Gasteiger partial charge in [-0.3, -0.25) is 9.59 Å². The van der Waals surface area contributed by atoms with Crippen molar-refractivity contribution in [3.63, 3.8) is 0 Å². The number of anilines is 1. The van der Waals surface area contributed by atoms with Crippen LogP contribution in [0.5, 0.6) is 0 Å². The van der Waals surface area contributed by atoms with Gasteiger partial charge < -0.3 is 15.6 Å². The van der Waals surface area contributed by atoms with Crippen LogP contribution in [-0.4, -0.2) is 41.3 Å². The minimum Gasteiger partial charge on any atom is -0.354 e. The summed E-state index contributed by atoms with van der Waals surface area (Å²) in [6.45, 7) is 1.06. The smallest absolute Gasteiger partial charge is 0.274 e. The lowest BCUT2D eigenvalue weighted by atomic mass is 10.3. The SMILES string of the molecule is NNc1ccc(Cl)c(C(=O)N2CCCNC(=O)C2)n1. The fourth-order valence-electron chi connectivity index (χ4n) is 1.80. The molecule has 0 radical (unpaired) electrons. The number of halogens is 1. The number of nitrogens with zero attached hydrogens (tertiary/aromatic N) is 2. The molecule has 1 aliphatic heterocycles. The molecule has 1 aromatic rings. The third kappa shape index (κ3) is 3.12. The molecule has 102 valence electrons. The van der Waals surface area contributed by atoms with Gasteiger partial charge in [0.2, 0.25) is 5.91 Å². The predicted octanol–water partition coefficient (Wildman–Crippen LogP) is -0.0173. The zero-order valence-electron chi connectivity index (χ0n) is 10.1. The fourth-order valence-corrected chi connectivity index (χ4v) is 1.99. The molecule has 0 saturated carbocycles. The Balaban J connectivity index is 2.24. The Morgan fingerprint density at radius 1 is 1.53 bits per heavy atom. The molecule has 1 fully saturated rings. The summed E-state index contributed by atoms with van der Waals surface area (Å²) in [4.78, 5) is 29.2. The normalized spacial score (nSPS) is 15.7. The Labute approximate surface area is 115 Å². The number of nitrogens with two attached hydrogens (primary N) is 1. The van der Waals surface area contributed by atoms with Gasteiger partial charge in [-0.25, -0.2) is 10.8 Å². The van der Waals surface area contributed by atoms with Crippen LogP contribution in [0.25, 0.3) is 0 Å². The zero-order chi connectivity index (χ0) is 13.8. The number of nitrogen functional groups attached to an aromatic ring is 1. The summed E-state index contributed by atoms with van der Waals surface area (Å²) in [6, 6.07) is 3.10. The Kier molecular flexibility index (Phi) is 4.18. The highest BCUT2D eigenvalue weighted by Crippen LogP contribution is 2.18. The third-order valence-corrected chi connectivity index (χ3v) is 3.05. The lowest BCUT2D eigenvalue weighted by Crippen LogP contribution is -2.38. The maximum atomic E-state index is 12.3. The van der Waals surface area contributed by atoms with Crippen LogP contribution in [0.4, 0.5) is 5.82 Å². The Bertz CT molecular complexity index is 508. The topological polar surface area (TPSA) is 100 Å². The highest BCUT2D eigenvalue weighted by Gasteiger charge is 2.24. The van der Waals surface area contributed by atoms with Crippen LogP contribution in [0.3, 0.4) is 0 Å². The van der Waals surface area contributed by atoms with Crippen molar-refractivity contribution in [2.75, 3.05) is 25.1 Å². The summed E-state index contributed by atoms with van der Waals surface area (Å²) >= 11 is 5.97. The summed E-state index contributed by atoms with van der Waals surface area (Å²) in [7, 11) is 0. The first kappa shape index (κ1) is 13.6. The van der Waals surface area contributed by atoms with Crippen molar-refractivity contribution in [1.82, 2.24) is 15.2 Å². The molecule has 0 aliphatic carbocycles. The Hall–Kier alpha value is -1.86. The number of hydrogen-bond donors (Lipinski definition) is 3. The van der Waals surface area contributed by atoms with E-state index >= 15 is 0 Å². The van der Waals surface area contributed by atoms with Gasteiger partial charge in [-0.15, -0.1) is 0 Å². The van der Waals surface area contributed by atoms with E-state index in [1.54, 1.807) is 6.07 Å². The van der Waals surface area contributed by atoms with Crippen molar-refractivity contribution < 1.29 is 9.59 Å². The first-order chi connectivity index (χ1) is 9.11. The van der Waals surface area contributed by atoms with Crippen molar-refractivity contribution >= 4 is 29.2 Å². The van der Waals surface area contributed by atoms with E-state index in [2.05, 4.69) is 15.7 Å². The zero-order valence-corrected chi connectivity index (χ0v) is 10.9. The van der Waals surface area contributed by atoms with Crippen LogP contribution in [0, 0.1) is 0 Å². The van der Waals surface area contributed by atoms with Crippen LogP contribution in [0.2, 0.25) is 5.02 Å². The van der Waals surface area contributed by atoms with Crippen molar-refractivity contribution in [2.24, 2.45) is 5.84 Å². The molecule has 0 aromatic carbocycles. The van der Waals surface area contributed by atoms with Crippen LogP contribution in [0.15, 0.2) is 12.1 Å². The summed E-state index contributed by atoms with van der Waals surface area (Å²) in [5, 5.41) is 2.93. The molecule has 0 bridgehead atoms. The third-order valence-electron chi connectivity index (χ3n) is 2.75.